The maximum Gasteiger partial charge on any atom is 0.191 e. The number of nitrogens with zero attached hydrogens (tertiary/aromatic N) is 1. The molecule has 23 heavy (non-hydrogen) atoms. The molecule has 0 saturated heterocycles. The molecule has 0 aromatic heterocycles. The number of ether oxygens (including phenoxy) is 2. The minimum Gasteiger partial charge on any atom is -0.382 e. The molecular formula is C18H31N3O2. The van der Waals surface area contributed by atoms with Crippen molar-refractivity contribution < 1.29 is 9.47 Å². The Morgan fingerprint density at radius 1 is 1.09 bits per heavy atom. The van der Waals surface area contributed by atoms with Crippen molar-refractivity contribution in [2.45, 2.75) is 25.7 Å². The molecule has 0 aliphatic heterocycles. The van der Waals surface area contributed by atoms with Gasteiger partial charge < -0.3 is 20.1 Å². The number of hydrogen-bond donors (Lipinski definition) is 2. The summed E-state index contributed by atoms with van der Waals surface area (Å²) >= 11 is 0. The monoisotopic (exact) mass is 321 g/mol. The van der Waals surface area contributed by atoms with Crippen LogP contribution in [0.5, 0.6) is 0 Å². The third-order valence-corrected chi connectivity index (χ3v) is 3.67. The summed E-state index contributed by atoms with van der Waals surface area (Å²) in [4.78, 5) is 4.27. The maximum absolute atomic E-state index is 5.44. The molecule has 5 heteroatoms. The Balaban J connectivity index is 2.26. The summed E-state index contributed by atoms with van der Waals surface area (Å²) < 4.78 is 10.4. The number of hydrogen-bond acceptors (Lipinski definition) is 3. The van der Waals surface area contributed by atoms with Crippen LogP contribution in [-0.2, 0) is 14.9 Å². The summed E-state index contributed by atoms with van der Waals surface area (Å²) in [7, 11) is 3.47. The van der Waals surface area contributed by atoms with Crippen LogP contribution in [0.4, 0.5) is 0 Å². The van der Waals surface area contributed by atoms with Crippen molar-refractivity contribution in [3.8, 4) is 0 Å². The molecule has 0 amide bonds. The average Bonchev–Trinajstić information content (AvgIpc) is 2.57. The number of guanidine groups is 1. The second kappa shape index (κ2) is 11.0. The van der Waals surface area contributed by atoms with E-state index in [0.29, 0.717) is 13.2 Å². The lowest BCUT2D eigenvalue weighted by molar-refractivity contribution is 0.0698. The van der Waals surface area contributed by atoms with Gasteiger partial charge in [0.2, 0.25) is 0 Å². The van der Waals surface area contributed by atoms with E-state index >= 15 is 0 Å². The Hall–Kier alpha value is -1.59. The Morgan fingerprint density at radius 2 is 1.83 bits per heavy atom. The van der Waals surface area contributed by atoms with Crippen LogP contribution in [-0.4, -0.2) is 53.0 Å². The molecule has 0 aliphatic rings. The van der Waals surface area contributed by atoms with Crippen LogP contribution >= 0.6 is 0 Å². The molecule has 0 bridgehead atoms. The molecular weight excluding hydrogens is 290 g/mol. The Morgan fingerprint density at radius 3 is 2.48 bits per heavy atom. The first-order chi connectivity index (χ1) is 11.1. The van der Waals surface area contributed by atoms with E-state index in [1.807, 2.05) is 6.07 Å². The molecule has 5 nitrogen and oxygen atoms in total. The third-order valence-electron chi connectivity index (χ3n) is 3.67. The summed E-state index contributed by atoms with van der Waals surface area (Å²) in [5, 5.41) is 6.71. The highest BCUT2D eigenvalue weighted by atomic mass is 16.5. The zero-order valence-electron chi connectivity index (χ0n) is 14.9. The molecule has 1 rings (SSSR count). The quantitative estimate of drug-likeness (QED) is 0.394. The fourth-order valence-corrected chi connectivity index (χ4v) is 2.14. The van der Waals surface area contributed by atoms with Gasteiger partial charge in [-0.2, -0.15) is 0 Å². The van der Waals surface area contributed by atoms with Gasteiger partial charge in [0.05, 0.1) is 13.2 Å². The predicted molar refractivity (Wildman–Crippen MR) is 96.1 cm³/mol. The normalized spacial score (nSPS) is 12.3. The molecule has 0 spiro atoms. The van der Waals surface area contributed by atoms with Gasteiger partial charge in [-0.25, -0.2) is 0 Å². The molecule has 2 N–H and O–H groups in total. The number of benzene rings is 1. The van der Waals surface area contributed by atoms with E-state index < -0.39 is 0 Å². The van der Waals surface area contributed by atoms with Crippen molar-refractivity contribution >= 4 is 5.96 Å². The van der Waals surface area contributed by atoms with E-state index in [0.717, 1.165) is 32.1 Å². The summed E-state index contributed by atoms with van der Waals surface area (Å²) in [6.45, 7) is 8.13. The van der Waals surface area contributed by atoms with E-state index in [1.165, 1.54) is 5.56 Å². The van der Waals surface area contributed by atoms with E-state index in [2.05, 4.69) is 53.7 Å². The van der Waals surface area contributed by atoms with Crippen molar-refractivity contribution in [3.63, 3.8) is 0 Å². The molecule has 0 atom stereocenters. The fourth-order valence-electron chi connectivity index (χ4n) is 2.14. The van der Waals surface area contributed by atoms with E-state index in [1.54, 1.807) is 14.2 Å². The first-order valence-corrected chi connectivity index (χ1v) is 8.17. The molecule has 0 heterocycles. The summed E-state index contributed by atoms with van der Waals surface area (Å²) in [6.07, 6.45) is 0.937. The molecule has 1 aromatic rings. The highest BCUT2D eigenvalue weighted by molar-refractivity contribution is 5.79. The van der Waals surface area contributed by atoms with Crippen LogP contribution < -0.4 is 10.6 Å². The third kappa shape index (κ3) is 8.00. The van der Waals surface area contributed by atoms with Gasteiger partial charge in [-0.3, -0.25) is 4.99 Å². The fraction of sp³-hybridized carbons (Fsp3) is 0.611. The second-order valence-electron chi connectivity index (χ2n) is 6.06. The van der Waals surface area contributed by atoms with Gasteiger partial charge in [0.1, 0.15) is 0 Å². The summed E-state index contributed by atoms with van der Waals surface area (Å²) in [6, 6.07) is 10.5. The maximum atomic E-state index is 5.44. The number of rotatable bonds is 10. The zero-order valence-corrected chi connectivity index (χ0v) is 14.9. The predicted octanol–water partition coefficient (Wildman–Crippen LogP) is 2.18. The molecule has 1 aromatic carbocycles. The van der Waals surface area contributed by atoms with Gasteiger partial charge >= 0.3 is 0 Å². The van der Waals surface area contributed by atoms with Crippen LogP contribution in [0.1, 0.15) is 25.8 Å². The van der Waals surface area contributed by atoms with E-state index in [-0.39, 0.29) is 5.41 Å². The number of nitrogens with one attached hydrogen (secondary N) is 2. The van der Waals surface area contributed by atoms with Crippen LogP contribution in [0.2, 0.25) is 0 Å². The lowest BCUT2D eigenvalue weighted by Crippen LogP contribution is -2.43. The Kier molecular flexibility index (Phi) is 9.33. The zero-order chi connectivity index (χ0) is 17.0. The molecule has 0 aliphatic carbocycles. The first-order valence-electron chi connectivity index (χ1n) is 8.17. The van der Waals surface area contributed by atoms with Crippen molar-refractivity contribution in [3.05, 3.63) is 35.9 Å². The van der Waals surface area contributed by atoms with Crippen LogP contribution in [0.15, 0.2) is 35.3 Å². The van der Waals surface area contributed by atoms with Crippen LogP contribution in [0.25, 0.3) is 0 Å². The smallest absolute Gasteiger partial charge is 0.191 e. The molecule has 0 fully saturated rings. The molecule has 0 radical (unpaired) electrons. The van der Waals surface area contributed by atoms with E-state index in [9.17, 15) is 0 Å². The van der Waals surface area contributed by atoms with Gasteiger partial charge in [-0.05, 0) is 12.0 Å². The summed E-state index contributed by atoms with van der Waals surface area (Å²) in [5.74, 6) is 0.825. The number of methoxy groups -OCH3 is 1. The van der Waals surface area contributed by atoms with E-state index in [4.69, 9.17) is 9.47 Å². The lowest BCUT2D eigenvalue weighted by Gasteiger charge is -2.26. The van der Waals surface area contributed by atoms with Gasteiger partial charge in [0.25, 0.3) is 0 Å². The SMILES string of the molecule is CN=C(NCCCOCCOC)NCC(C)(C)c1ccccc1. The minimum absolute atomic E-state index is 0.0438. The van der Waals surface area contributed by atoms with Gasteiger partial charge in [-0.1, -0.05) is 44.2 Å². The average molecular weight is 321 g/mol. The Labute approximate surface area is 140 Å². The highest BCUT2D eigenvalue weighted by Crippen LogP contribution is 2.21. The largest absolute Gasteiger partial charge is 0.382 e. The van der Waals surface area contributed by atoms with Crippen LogP contribution in [0, 0.1) is 0 Å². The molecule has 130 valence electrons. The standard InChI is InChI=1S/C18H31N3O2/c1-18(2,16-9-6-5-7-10-16)15-21-17(19-3)20-11-8-12-23-14-13-22-4/h5-7,9-10H,8,11-15H2,1-4H3,(H2,19,20,21). The van der Waals surface area contributed by atoms with Crippen LogP contribution in [0.3, 0.4) is 0 Å². The summed E-state index contributed by atoms with van der Waals surface area (Å²) in [5.41, 5.74) is 1.36. The van der Waals surface area contributed by atoms with Crippen molar-refractivity contribution in [2.75, 3.05) is 47.1 Å². The molecule has 0 unspecified atom stereocenters. The minimum atomic E-state index is 0.0438. The van der Waals surface area contributed by atoms with Crippen molar-refractivity contribution in [1.29, 1.82) is 0 Å². The van der Waals surface area contributed by atoms with Gasteiger partial charge in [0.15, 0.2) is 5.96 Å². The topological polar surface area (TPSA) is 54.9 Å². The van der Waals surface area contributed by atoms with Crippen molar-refractivity contribution in [1.82, 2.24) is 10.6 Å². The van der Waals surface area contributed by atoms with Gasteiger partial charge in [-0.15, -0.1) is 0 Å². The second-order valence-corrected chi connectivity index (χ2v) is 6.06. The first kappa shape index (κ1) is 19.5. The lowest BCUT2D eigenvalue weighted by atomic mass is 9.85. The van der Waals surface area contributed by atoms with Gasteiger partial charge in [0, 0.05) is 39.3 Å². The Bertz CT molecular complexity index is 447. The highest BCUT2D eigenvalue weighted by Gasteiger charge is 2.20. The number of aliphatic imine (C=N–C) groups is 1. The van der Waals surface area contributed by atoms with Crippen molar-refractivity contribution in [2.24, 2.45) is 4.99 Å². The molecule has 0 saturated carbocycles.